The zero-order valence-electron chi connectivity index (χ0n) is 16.9. The van der Waals surface area contributed by atoms with Gasteiger partial charge in [-0.05, 0) is 53.5 Å². The Morgan fingerprint density at radius 3 is 2.65 bits per heavy atom. The first-order valence-electron chi connectivity index (χ1n) is 9.85. The quantitative estimate of drug-likeness (QED) is 0.312. The van der Waals surface area contributed by atoms with Gasteiger partial charge in [-0.15, -0.1) is 11.3 Å². The number of nitrogens with two attached hydrogens (primary N) is 1. The molecule has 0 aliphatic rings. The Hall–Kier alpha value is -1.92. The largest absolute Gasteiger partial charge is 0.487 e. The number of hydrogen-bond acceptors (Lipinski definition) is 4. The average Bonchev–Trinajstić information content (AvgIpc) is 3.21. The maximum Gasteiger partial charge on any atom is 0.348 e. The summed E-state index contributed by atoms with van der Waals surface area (Å²) in [6.45, 7) is 0.507. The van der Waals surface area contributed by atoms with Crippen molar-refractivity contribution >= 4 is 30.5 Å². The molecule has 8 heteroatoms. The summed E-state index contributed by atoms with van der Waals surface area (Å²) in [6, 6.07) is 17.6. The van der Waals surface area contributed by atoms with Crippen LogP contribution in [0.1, 0.15) is 24.0 Å². The van der Waals surface area contributed by atoms with Gasteiger partial charge in [-0.25, -0.2) is 0 Å². The topological polar surface area (TPSA) is 92.8 Å². The van der Waals surface area contributed by atoms with Crippen LogP contribution < -0.4 is 10.5 Å². The monoisotopic (exact) mass is 477 g/mol. The molecule has 4 N–H and O–H groups in total. The fourth-order valence-electron chi connectivity index (χ4n) is 3.10. The maximum atomic E-state index is 10.9. The van der Waals surface area contributed by atoms with E-state index in [2.05, 4.69) is 0 Å². The van der Waals surface area contributed by atoms with Gasteiger partial charge in [0.2, 0.25) is 0 Å². The van der Waals surface area contributed by atoms with Crippen LogP contribution in [0.3, 0.4) is 0 Å². The highest BCUT2D eigenvalue weighted by Gasteiger charge is 2.12. The molecular formula is C23H25ClNO4PS. The average molecular weight is 478 g/mol. The van der Waals surface area contributed by atoms with E-state index in [4.69, 9.17) is 31.9 Å². The Labute approximate surface area is 191 Å². The van der Waals surface area contributed by atoms with E-state index in [1.165, 1.54) is 6.08 Å². The van der Waals surface area contributed by atoms with E-state index in [1.807, 2.05) is 60.0 Å². The lowest BCUT2D eigenvalue weighted by Crippen LogP contribution is -2.16. The summed E-state index contributed by atoms with van der Waals surface area (Å²) in [5.74, 6) is 1.69. The van der Waals surface area contributed by atoms with E-state index in [-0.39, 0.29) is 0 Å². The molecule has 0 saturated heterocycles. The summed E-state index contributed by atoms with van der Waals surface area (Å²) < 4.78 is 16.9. The molecule has 0 radical (unpaired) electrons. The predicted octanol–water partition coefficient (Wildman–Crippen LogP) is 5.99. The van der Waals surface area contributed by atoms with Crippen LogP contribution in [-0.4, -0.2) is 15.8 Å². The fourth-order valence-corrected chi connectivity index (χ4v) is 4.65. The standard InChI is InChI=1S/C23H25ClNO4PS/c24-21-15-19(10-9-18(21)7-4-8-20(25)11-13-30(26,27)28)23-22(12-14-31-23)29-16-17-5-2-1-3-6-17/h1-3,5-6,9-15,20H,4,7-8,16,25H2,(H2,26,27,28). The Kier molecular flexibility index (Phi) is 8.50. The van der Waals surface area contributed by atoms with Crippen LogP contribution in [0.2, 0.25) is 5.02 Å². The first-order chi connectivity index (χ1) is 14.8. The Bertz CT molecular complexity index is 1060. The van der Waals surface area contributed by atoms with Crippen LogP contribution in [0.15, 0.2) is 71.9 Å². The van der Waals surface area contributed by atoms with Gasteiger partial charge in [0.05, 0.1) is 4.88 Å². The van der Waals surface area contributed by atoms with Crippen LogP contribution in [0.4, 0.5) is 0 Å². The number of thiophene rings is 1. The summed E-state index contributed by atoms with van der Waals surface area (Å²) >= 11 is 8.13. The molecule has 0 saturated carbocycles. The van der Waals surface area contributed by atoms with Gasteiger partial charge < -0.3 is 20.3 Å². The van der Waals surface area contributed by atoms with Crippen molar-refractivity contribution in [2.75, 3.05) is 0 Å². The summed E-state index contributed by atoms with van der Waals surface area (Å²) in [4.78, 5) is 18.8. The normalized spacial score (nSPS) is 12.9. The SMILES string of the molecule is NC(C=CP(=O)(O)O)CCCc1ccc(-c2sccc2OCc2ccccc2)cc1Cl. The van der Waals surface area contributed by atoms with E-state index < -0.39 is 13.6 Å². The number of hydrogen-bond donors (Lipinski definition) is 3. The third-order valence-corrected chi connectivity index (χ3v) is 6.55. The lowest BCUT2D eigenvalue weighted by Gasteiger charge is -2.11. The summed E-state index contributed by atoms with van der Waals surface area (Å²) in [7, 11) is -4.16. The first-order valence-corrected chi connectivity index (χ1v) is 12.8. The Morgan fingerprint density at radius 2 is 1.94 bits per heavy atom. The van der Waals surface area contributed by atoms with Gasteiger partial charge in [-0.1, -0.05) is 60.1 Å². The molecule has 0 aliphatic carbocycles. The van der Waals surface area contributed by atoms with E-state index >= 15 is 0 Å². The molecule has 1 unspecified atom stereocenters. The summed E-state index contributed by atoms with van der Waals surface area (Å²) in [5.41, 5.74) is 9.02. The highest BCUT2D eigenvalue weighted by molar-refractivity contribution is 7.55. The van der Waals surface area contributed by atoms with Gasteiger partial charge in [-0.3, -0.25) is 4.57 Å². The lowest BCUT2D eigenvalue weighted by atomic mass is 10.0. The van der Waals surface area contributed by atoms with Crippen molar-refractivity contribution in [3.63, 3.8) is 0 Å². The maximum absolute atomic E-state index is 10.9. The second-order valence-corrected chi connectivity index (χ2v) is 9.98. The van der Waals surface area contributed by atoms with Crippen molar-refractivity contribution < 1.29 is 19.1 Å². The highest BCUT2D eigenvalue weighted by atomic mass is 35.5. The minimum atomic E-state index is -4.16. The molecule has 31 heavy (non-hydrogen) atoms. The van der Waals surface area contributed by atoms with Crippen molar-refractivity contribution in [2.24, 2.45) is 5.73 Å². The Morgan fingerprint density at radius 1 is 1.16 bits per heavy atom. The van der Waals surface area contributed by atoms with E-state index in [0.29, 0.717) is 18.1 Å². The number of benzene rings is 2. The summed E-state index contributed by atoms with van der Waals surface area (Å²) in [5, 5.41) is 2.68. The third-order valence-electron chi connectivity index (χ3n) is 4.69. The van der Waals surface area contributed by atoms with Gasteiger partial charge in [0.1, 0.15) is 12.4 Å². The van der Waals surface area contributed by atoms with Gasteiger partial charge in [0, 0.05) is 16.9 Å². The minimum Gasteiger partial charge on any atom is -0.487 e. The van der Waals surface area contributed by atoms with Gasteiger partial charge in [-0.2, -0.15) is 0 Å². The van der Waals surface area contributed by atoms with E-state index in [1.54, 1.807) is 11.3 Å². The fraction of sp³-hybridized carbons (Fsp3) is 0.217. The first kappa shape index (κ1) is 23.7. The molecule has 1 heterocycles. The third kappa shape index (κ3) is 7.62. The summed E-state index contributed by atoms with van der Waals surface area (Å²) in [6.07, 6.45) is 3.46. The highest BCUT2D eigenvalue weighted by Crippen LogP contribution is 2.38. The molecule has 1 aromatic heterocycles. The molecule has 5 nitrogen and oxygen atoms in total. The molecule has 2 aromatic carbocycles. The zero-order valence-corrected chi connectivity index (χ0v) is 19.3. The molecule has 0 bridgehead atoms. The zero-order chi connectivity index (χ0) is 22.3. The molecule has 0 fully saturated rings. The second kappa shape index (κ2) is 11.1. The van der Waals surface area contributed by atoms with E-state index in [9.17, 15) is 4.57 Å². The second-order valence-electron chi connectivity index (χ2n) is 7.18. The molecule has 0 aliphatic heterocycles. The molecule has 3 rings (SSSR count). The number of ether oxygens (including phenoxy) is 1. The smallest absolute Gasteiger partial charge is 0.348 e. The van der Waals surface area contributed by atoms with Gasteiger partial charge >= 0.3 is 7.60 Å². The van der Waals surface area contributed by atoms with Gasteiger partial charge in [0.25, 0.3) is 0 Å². The van der Waals surface area contributed by atoms with E-state index in [0.717, 1.165) is 46.0 Å². The lowest BCUT2D eigenvalue weighted by molar-refractivity contribution is 0.309. The molecule has 1 atom stereocenters. The van der Waals surface area contributed by atoms with Crippen LogP contribution in [0, 0.1) is 0 Å². The Balaban J connectivity index is 1.59. The van der Waals surface area contributed by atoms with Crippen LogP contribution in [0.5, 0.6) is 5.75 Å². The number of halogens is 1. The molecule has 164 valence electrons. The van der Waals surface area contributed by atoms with Crippen LogP contribution >= 0.6 is 30.5 Å². The molecule has 0 amide bonds. The predicted molar refractivity (Wildman–Crippen MR) is 128 cm³/mol. The van der Waals surface area contributed by atoms with Crippen LogP contribution in [0.25, 0.3) is 10.4 Å². The van der Waals surface area contributed by atoms with Crippen molar-refractivity contribution in [2.45, 2.75) is 31.9 Å². The minimum absolute atomic E-state index is 0.402. The molecular weight excluding hydrogens is 453 g/mol. The van der Waals surface area contributed by atoms with Crippen LogP contribution in [-0.2, 0) is 17.6 Å². The van der Waals surface area contributed by atoms with Gasteiger partial charge in [0.15, 0.2) is 0 Å². The molecule has 3 aromatic rings. The van der Waals surface area contributed by atoms with Crippen molar-refractivity contribution in [1.29, 1.82) is 0 Å². The number of rotatable bonds is 10. The van der Waals surface area contributed by atoms with Crippen molar-refractivity contribution in [3.8, 4) is 16.2 Å². The number of aryl methyl sites for hydroxylation is 1. The van der Waals surface area contributed by atoms with Crippen molar-refractivity contribution in [3.05, 3.63) is 88.0 Å². The molecule has 0 spiro atoms. The van der Waals surface area contributed by atoms with Crippen molar-refractivity contribution in [1.82, 2.24) is 0 Å².